The minimum Gasteiger partial charge on any atom is -0.487 e. The van der Waals surface area contributed by atoms with Crippen LogP contribution in [0, 0.1) is 6.92 Å². The number of benzene rings is 1. The minimum atomic E-state index is -0.325. The van der Waals surface area contributed by atoms with E-state index in [1.54, 1.807) is 35.9 Å². The number of rotatable bonds is 5. The van der Waals surface area contributed by atoms with Crippen molar-refractivity contribution in [1.82, 2.24) is 9.78 Å². The van der Waals surface area contributed by atoms with Gasteiger partial charge in [-0.05, 0) is 54.0 Å². The van der Waals surface area contributed by atoms with Crippen molar-refractivity contribution in [3.05, 3.63) is 45.7 Å². The molecule has 0 bridgehead atoms. The second-order valence-corrected chi connectivity index (χ2v) is 5.30. The van der Waals surface area contributed by atoms with E-state index in [0.717, 1.165) is 15.9 Å². The number of nitrogens with zero attached hydrogens (tertiary/aromatic N) is 2. The average molecular weight is 353 g/mol. The first kappa shape index (κ1) is 15.6. The number of carbonyl (C=O) groups is 1. The lowest BCUT2D eigenvalue weighted by molar-refractivity contribution is 0.0526. The molecule has 0 radical (unpaired) electrons. The molecular formula is C15H17BrN2O3. The molecule has 1 aromatic carbocycles. The molecule has 0 unspecified atom stereocenters. The summed E-state index contributed by atoms with van der Waals surface area (Å²) < 4.78 is 13.4. The Morgan fingerprint density at radius 1 is 1.33 bits per heavy atom. The predicted molar refractivity (Wildman–Crippen MR) is 82.4 cm³/mol. The monoisotopic (exact) mass is 352 g/mol. The van der Waals surface area contributed by atoms with Crippen molar-refractivity contribution >= 4 is 21.9 Å². The van der Waals surface area contributed by atoms with Crippen LogP contribution >= 0.6 is 15.9 Å². The van der Waals surface area contributed by atoms with Crippen molar-refractivity contribution in [1.29, 1.82) is 0 Å². The number of esters is 1. The van der Waals surface area contributed by atoms with Crippen LogP contribution in [-0.4, -0.2) is 22.4 Å². The Kier molecular flexibility index (Phi) is 5.01. The Labute approximate surface area is 132 Å². The smallest absolute Gasteiger partial charge is 0.338 e. The van der Waals surface area contributed by atoms with Gasteiger partial charge in [0.2, 0.25) is 0 Å². The lowest BCUT2D eigenvalue weighted by Crippen LogP contribution is -2.05. The SMILES string of the molecule is CCOC(=O)c1ccc(OCc2c(Br)c(C)nn2C)cc1. The van der Waals surface area contributed by atoms with Crippen molar-refractivity contribution in [3.8, 4) is 5.75 Å². The van der Waals surface area contributed by atoms with Gasteiger partial charge in [0.1, 0.15) is 12.4 Å². The molecule has 0 fully saturated rings. The van der Waals surface area contributed by atoms with Gasteiger partial charge in [0, 0.05) is 7.05 Å². The highest BCUT2D eigenvalue weighted by molar-refractivity contribution is 9.10. The second kappa shape index (κ2) is 6.76. The summed E-state index contributed by atoms with van der Waals surface area (Å²) in [5, 5.41) is 4.31. The molecule has 0 aliphatic heterocycles. The van der Waals surface area contributed by atoms with Crippen LogP contribution in [0.2, 0.25) is 0 Å². The number of hydrogen-bond acceptors (Lipinski definition) is 4. The van der Waals surface area contributed by atoms with E-state index in [1.807, 2.05) is 14.0 Å². The summed E-state index contributed by atoms with van der Waals surface area (Å²) in [5.74, 6) is 0.364. The Bertz CT molecular complexity index is 635. The molecule has 5 nitrogen and oxygen atoms in total. The van der Waals surface area contributed by atoms with Crippen LogP contribution in [0.25, 0.3) is 0 Å². The molecule has 1 heterocycles. The molecule has 0 atom stereocenters. The molecule has 112 valence electrons. The van der Waals surface area contributed by atoms with Gasteiger partial charge in [0.05, 0.1) is 28.0 Å². The van der Waals surface area contributed by atoms with Gasteiger partial charge in [-0.1, -0.05) is 0 Å². The zero-order valence-electron chi connectivity index (χ0n) is 12.2. The quantitative estimate of drug-likeness (QED) is 0.775. The molecule has 2 rings (SSSR count). The van der Waals surface area contributed by atoms with Crippen LogP contribution in [0.1, 0.15) is 28.7 Å². The molecule has 0 saturated heterocycles. The van der Waals surface area contributed by atoms with Crippen LogP contribution in [0.4, 0.5) is 0 Å². The topological polar surface area (TPSA) is 53.4 Å². The van der Waals surface area contributed by atoms with Gasteiger partial charge >= 0.3 is 5.97 Å². The number of aryl methyl sites for hydroxylation is 2. The van der Waals surface area contributed by atoms with E-state index in [9.17, 15) is 4.79 Å². The number of ether oxygens (including phenoxy) is 2. The second-order valence-electron chi connectivity index (χ2n) is 4.50. The van der Waals surface area contributed by atoms with Gasteiger partial charge in [-0.2, -0.15) is 5.10 Å². The predicted octanol–water partition coefficient (Wildman–Crippen LogP) is 3.25. The Balaban J connectivity index is 2.02. The fourth-order valence-electron chi connectivity index (χ4n) is 1.89. The highest BCUT2D eigenvalue weighted by atomic mass is 79.9. The first-order chi connectivity index (χ1) is 10.0. The number of carbonyl (C=O) groups excluding carboxylic acids is 1. The minimum absolute atomic E-state index is 0.325. The highest BCUT2D eigenvalue weighted by Gasteiger charge is 2.11. The maximum atomic E-state index is 11.5. The molecule has 0 amide bonds. The summed E-state index contributed by atoms with van der Waals surface area (Å²) in [6.45, 7) is 4.48. The zero-order chi connectivity index (χ0) is 15.4. The van der Waals surface area contributed by atoms with Gasteiger partial charge in [-0.3, -0.25) is 4.68 Å². The van der Waals surface area contributed by atoms with E-state index in [2.05, 4.69) is 21.0 Å². The van der Waals surface area contributed by atoms with E-state index in [-0.39, 0.29) is 5.97 Å². The van der Waals surface area contributed by atoms with Crippen LogP contribution in [0.5, 0.6) is 5.75 Å². The Morgan fingerprint density at radius 3 is 2.52 bits per heavy atom. The molecule has 0 spiro atoms. The number of hydrogen-bond donors (Lipinski definition) is 0. The van der Waals surface area contributed by atoms with Gasteiger partial charge in [0.25, 0.3) is 0 Å². The highest BCUT2D eigenvalue weighted by Crippen LogP contribution is 2.22. The van der Waals surface area contributed by atoms with Gasteiger partial charge in [-0.25, -0.2) is 4.79 Å². The largest absolute Gasteiger partial charge is 0.487 e. The van der Waals surface area contributed by atoms with E-state index in [4.69, 9.17) is 9.47 Å². The van der Waals surface area contributed by atoms with Gasteiger partial charge < -0.3 is 9.47 Å². The summed E-state index contributed by atoms with van der Waals surface area (Å²) in [5.41, 5.74) is 2.40. The maximum Gasteiger partial charge on any atom is 0.338 e. The van der Waals surface area contributed by atoms with Crippen LogP contribution in [-0.2, 0) is 18.4 Å². The summed E-state index contributed by atoms with van der Waals surface area (Å²) in [6.07, 6.45) is 0. The Morgan fingerprint density at radius 2 is 2.00 bits per heavy atom. The standard InChI is InChI=1S/C15H17BrN2O3/c1-4-20-15(19)11-5-7-12(8-6-11)21-9-13-14(16)10(2)17-18(13)3/h5-8H,4,9H2,1-3H3. The fourth-order valence-corrected chi connectivity index (χ4v) is 2.34. The van der Waals surface area contributed by atoms with Gasteiger partial charge in [-0.15, -0.1) is 0 Å². The molecule has 0 aliphatic rings. The Hall–Kier alpha value is -1.82. The van der Waals surface area contributed by atoms with Crippen molar-refractivity contribution in [2.24, 2.45) is 7.05 Å². The van der Waals surface area contributed by atoms with E-state index in [0.29, 0.717) is 24.5 Å². The zero-order valence-corrected chi connectivity index (χ0v) is 13.8. The lowest BCUT2D eigenvalue weighted by Gasteiger charge is -2.08. The third kappa shape index (κ3) is 3.64. The van der Waals surface area contributed by atoms with Gasteiger partial charge in [0.15, 0.2) is 0 Å². The van der Waals surface area contributed by atoms with Crippen molar-refractivity contribution in [2.45, 2.75) is 20.5 Å². The molecule has 1 aromatic heterocycles. The molecule has 6 heteroatoms. The summed E-state index contributed by atoms with van der Waals surface area (Å²) in [4.78, 5) is 11.5. The molecule has 0 aliphatic carbocycles. The first-order valence-electron chi connectivity index (χ1n) is 6.61. The fraction of sp³-hybridized carbons (Fsp3) is 0.333. The maximum absolute atomic E-state index is 11.5. The van der Waals surface area contributed by atoms with E-state index < -0.39 is 0 Å². The molecular weight excluding hydrogens is 336 g/mol. The number of halogens is 1. The van der Waals surface area contributed by atoms with E-state index >= 15 is 0 Å². The summed E-state index contributed by atoms with van der Waals surface area (Å²) in [7, 11) is 1.88. The third-order valence-corrected chi connectivity index (χ3v) is 4.03. The summed E-state index contributed by atoms with van der Waals surface area (Å²) in [6, 6.07) is 6.89. The van der Waals surface area contributed by atoms with Crippen molar-refractivity contribution in [2.75, 3.05) is 6.61 Å². The molecule has 21 heavy (non-hydrogen) atoms. The first-order valence-corrected chi connectivity index (χ1v) is 7.40. The van der Waals surface area contributed by atoms with Crippen LogP contribution in [0.3, 0.4) is 0 Å². The average Bonchev–Trinajstić information content (AvgIpc) is 2.71. The normalized spacial score (nSPS) is 10.5. The molecule has 2 aromatic rings. The van der Waals surface area contributed by atoms with Crippen molar-refractivity contribution < 1.29 is 14.3 Å². The van der Waals surface area contributed by atoms with E-state index in [1.165, 1.54) is 0 Å². The lowest BCUT2D eigenvalue weighted by atomic mass is 10.2. The number of aromatic nitrogens is 2. The van der Waals surface area contributed by atoms with Crippen LogP contribution < -0.4 is 4.74 Å². The molecule has 0 saturated carbocycles. The van der Waals surface area contributed by atoms with Crippen LogP contribution in [0.15, 0.2) is 28.7 Å². The van der Waals surface area contributed by atoms with Crippen molar-refractivity contribution in [3.63, 3.8) is 0 Å². The third-order valence-electron chi connectivity index (χ3n) is 3.00. The molecule has 0 N–H and O–H groups in total. The summed E-state index contributed by atoms with van der Waals surface area (Å²) >= 11 is 3.50.